The first kappa shape index (κ1) is 11.5. The van der Waals surface area contributed by atoms with Gasteiger partial charge in [-0.15, -0.1) is 0 Å². The number of hydrogen-bond acceptors (Lipinski definition) is 3. The summed E-state index contributed by atoms with van der Waals surface area (Å²) in [5.74, 6) is -2.48. The van der Waals surface area contributed by atoms with Crippen LogP contribution < -0.4 is 0 Å². The topological polar surface area (TPSA) is 26.3 Å². The number of thioether (sulfide) groups is 1. The molecule has 82 valence electrons. The number of hydrogen-bond donors (Lipinski definition) is 0. The summed E-state index contributed by atoms with van der Waals surface area (Å²) in [6.07, 6.45) is -11.3. The maximum absolute atomic E-state index is 12.1. The van der Waals surface area contributed by atoms with Crippen LogP contribution in [0, 0.1) is 0 Å². The summed E-state index contributed by atoms with van der Waals surface area (Å²) in [6, 6.07) is 0. The van der Waals surface area contributed by atoms with E-state index in [2.05, 4.69) is 4.74 Å². The fraction of sp³-hybridized carbons (Fsp3) is 0.800. The number of rotatable bonds is 0. The molecule has 1 heterocycles. The number of ether oxygens (including phenoxy) is 1. The first-order valence-electron chi connectivity index (χ1n) is 3.09. The van der Waals surface area contributed by atoms with Crippen molar-refractivity contribution in [1.82, 2.24) is 0 Å². The maximum Gasteiger partial charge on any atom is 0.448 e. The van der Waals surface area contributed by atoms with Gasteiger partial charge in [0.25, 0.3) is 0 Å². The number of cyclic esters (lactones) is 1. The molecule has 2 nitrogen and oxygen atoms in total. The molecule has 0 spiro atoms. The van der Waals surface area contributed by atoms with E-state index in [0.29, 0.717) is 0 Å². The second-order valence-electron chi connectivity index (χ2n) is 2.37. The lowest BCUT2D eigenvalue weighted by molar-refractivity contribution is -0.327. The number of esters is 1. The Kier molecular flexibility index (Phi) is 2.41. The highest BCUT2D eigenvalue weighted by Crippen LogP contribution is 2.55. The van der Waals surface area contributed by atoms with Gasteiger partial charge >= 0.3 is 23.3 Å². The van der Waals surface area contributed by atoms with Gasteiger partial charge in [-0.1, -0.05) is 11.8 Å². The van der Waals surface area contributed by atoms with Crippen molar-refractivity contribution in [2.75, 3.05) is 5.75 Å². The maximum atomic E-state index is 12.1. The largest absolute Gasteiger partial charge is 0.448 e. The van der Waals surface area contributed by atoms with Crippen LogP contribution >= 0.6 is 11.8 Å². The summed E-state index contributed by atoms with van der Waals surface area (Å²) >= 11 is -0.610. The van der Waals surface area contributed by atoms with Gasteiger partial charge in [0.05, 0.1) is 5.75 Å². The highest BCUT2D eigenvalue weighted by atomic mass is 32.2. The van der Waals surface area contributed by atoms with E-state index in [1.807, 2.05) is 0 Å². The molecule has 1 aliphatic heterocycles. The van der Waals surface area contributed by atoms with Gasteiger partial charge in [-0.2, -0.15) is 26.3 Å². The van der Waals surface area contributed by atoms with E-state index >= 15 is 0 Å². The van der Waals surface area contributed by atoms with Gasteiger partial charge in [-0.25, -0.2) is 0 Å². The molecule has 0 aliphatic carbocycles. The number of alkyl halides is 6. The van der Waals surface area contributed by atoms with Crippen LogP contribution in [0.1, 0.15) is 0 Å². The van der Waals surface area contributed by atoms with Crippen LogP contribution in [0.25, 0.3) is 0 Å². The normalized spacial score (nSPS) is 22.3. The molecule has 0 N–H and O–H groups in total. The van der Waals surface area contributed by atoms with Gasteiger partial charge in [-0.3, -0.25) is 4.79 Å². The molecule has 0 saturated carbocycles. The zero-order valence-corrected chi connectivity index (χ0v) is 7.02. The third-order valence-corrected chi connectivity index (χ3v) is 2.73. The first-order chi connectivity index (χ1) is 6.10. The van der Waals surface area contributed by atoms with Crippen LogP contribution in [0.3, 0.4) is 0 Å². The Balaban J connectivity index is 3.12. The molecule has 0 radical (unpaired) electrons. The molecular weight excluding hydrogens is 238 g/mol. The minimum atomic E-state index is -5.66. The van der Waals surface area contributed by atoms with Crippen molar-refractivity contribution in [1.29, 1.82) is 0 Å². The highest BCUT2D eigenvalue weighted by molar-refractivity contribution is 8.01. The van der Waals surface area contributed by atoms with Crippen molar-refractivity contribution in [3.63, 3.8) is 0 Å². The zero-order valence-electron chi connectivity index (χ0n) is 6.20. The molecule has 9 heteroatoms. The predicted molar refractivity (Wildman–Crippen MR) is 33.4 cm³/mol. The lowest BCUT2D eigenvalue weighted by Crippen LogP contribution is -2.54. The second kappa shape index (κ2) is 2.94. The lowest BCUT2D eigenvalue weighted by Gasteiger charge is -2.30. The molecule has 1 saturated heterocycles. The van der Waals surface area contributed by atoms with E-state index < -0.39 is 40.8 Å². The van der Waals surface area contributed by atoms with Gasteiger partial charge in [0.1, 0.15) is 0 Å². The van der Waals surface area contributed by atoms with Gasteiger partial charge in [0, 0.05) is 0 Å². The van der Waals surface area contributed by atoms with E-state index in [0.717, 1.165) is 0 Å². The van der Waals surface area contributed by atoms with E-state index in [1.54, 1.807) is 0 Å². The average Bonchev–Trinajstić information content (AvgIpc) is 2.28. The summed E-state index contributed by atoms with van der Waals surface area (Å²) in [5, 5.41) is 0. The summed E-state index contributed by atoms with van der Waals surface area (Å²) in [6.45, 7) is 0. The Morgan fingerprint density at radius 1 is 1.14 bits per heavy atom. The summed E-state index contributed by atoms with van der Waals surface area (Å²) in [5.41, 5.74) is 0. The Labute approximate surface area is 77.6 Å². The number of halogens is 6. The summed E-state index contributed by atoms with van der Waals surface area (Å²) < 4.78 is 75.8. The quantitative estimate of drug-likeness (QED) is 0.479. The Hall–Kier alpha value is -0.600. The minimum Gasteiger partial charge on any atom is -0.428 e. The number of carbonyl (C=O) groups is 1. The van der Waals surface area contributed by atoms with Crippen LogP contribution in [-0.2, 0) is 9.53 Å². The first-order valence-corrected chi connectivity index (χ1v) is 4.08. The fourth-order valence-corrected chi connectivity index (χ4v) is 1.68. The van der Waals surface area contributed by atoms with Gasteiger partial charge in [0.15, 0.2) is 0 Å². The van der Waals surface area contributed by atoms with E-state index in [4.69, 9.17) is 0 Å². The molecular formula is C5H2F6O2S. The molecule has 0 aromatic heterocycles. The Morgan fingerprint density at radius 2 is 1.57 bits per heavy atom. The van der Waals surface area contributed by atoms with Crippen molar-refractivity contribution in [3.05, 3.63) is 0 Å². The van der Waals surface area contributed by atoms with Crippen LogP contribution in [0.2, 0.25) is 0 Å². The van der Waals surface area contributed by atoms with Crippen LogP contribution in [0.4, 0.5) is 26.3 Å². The molecule has 1 aliphatic rings. The lowest BCUT2D eigenvalue weighted by atomic mass is 10.3. The summed E-state index contributed by atoms with van der Waals surface area (Å²) in [7, 11) is 0. The van der Waals surface area contributed by atoms with Crippen molar-refractivity contribution in [3.8, 4) is 0 Å². The van der Waals surface area contributed by atoms with Gasteiger partial charge in [0.2, 0.25) is 0 Å². The number of carbonyl (C=O) groups excluding carboxylic acids is 1. The van der Waals surface area contributed by atoms with Crippen molar-refractivity contribution in [2.45, 2.75) is 17.3 Å². The molecule has 0 unspecified atom stereocenters. The van der Waals surface area contributed by atoms with E-state index in [1.165, 1.54) is 0 Å². The highest BCUT2D eigenvalue weighted by Gasteiger charge is 2.77. The van der Waals surface area contributed by atoms with Crippen molar-refractivity contribution in [2.24, 2.45) is 0 Å². The average molecular weight is 240 g/mol. The van der Waals surface area contributed by atoms with E-state index in [9.17, 15) is 31.1 Å². The SMILES string of the molecule is O=C1CSC(C(F)(F)F)(C(F)(F)F)O1. The molecule has 0 aromatic carbocycles. The van der Waals surface area contributed by atoms with Crippen molar-refractivity contribution >= 4 is 17.7 Å². The Morgan fingerprint density at radius 3 is 1.71 bits per heavy atom. The fourth-order valence-electron chi connectivity index (χ4n) is 0.820. The van der Waals surface area contributed by atoms with E-state index in [-0.39, 0.29) is 0 Å². The standard InChI is InChI=1S/C5H2F6O2S/c6-4(7,8)3(5(9,10)11)13-2(12)1-14-3/h1H2. The molecule has 1 fully saturated rings. The van der Waals surface area contributed by atoms with Gasteiger partial charge < -0.3 is 4.74 Å². The van der Waals surface area contributed by atoms with Gasteiger partial charge in [-0.05, 0) is 0 Å². The molecule has 14 heavy (non-hydrogen) atoms. The molecule has 0 amide bonds. The molecule has 1 rings (SSSR count). The summed E-state index contributed by atoms with van der Waals surface area (Å²) in [4.78, 5) is 5.92. The smallest absolute Gasteiger partial charge is 0.428 e. The monoisotopic (exact) mass is 240 g/mol. The third-order valence-electron chi connectivity index (χ3n) is 1.40. The Bertz CT molecular complexity index is 242. The van der Waals surface area contributed by atoms with Crippen molar-refractivity contribution < 1.29 is 35.9 Å². The molecule has 0 atom stereocenters. The predicted octanol–water partition coefficient (Wildman–Crippen LogP) is 2.10. The molecule has 0 bridgehead atoms. The van der Waals surface area contributed by atoms with Crippen LogP contribution in [-0.4, -0.2) is 29.0 Å². The third kappa shape index (κ3) is 1.53. The minimum absolute atomic E-state index is 0.610. The van der Waals surface area contributed by atoms with Crippen LogP contribution in [0.5, 0.6) is 0 Å². The molecule has 0 aromatic rings. The van der Waals surface area contributed by atoms with Crippen LogP contribution in [0.15, 0.2) is 0 Å². The zero-order chi connectivity index (χ0) is 11.2. The second-order valence-corrected chi connectivity index (χ2v) is 3.53.